The molecule has 0 amide bonds. The standard InChI is InChI=1S/C16H19NO3S/c1-16(2,3)17-21(18,19)15-11-9-14(10-12-15)20-13-7-5-4-6-8-13/h4-12,17H,1-3H3. The molecule has 0 saturated heterocycles. The molecule has 0 bridgehead atoms. The predicted molar refractivity (Wildman–Crippen MR) is 83.0 cm³/mol. The maximum Gasteiger partial charge on any atom is 0.241 e. The van der Waals surface area contributed by atoms with Crippen LogP contribution in [0.5, 0.6) is 11.5 Å². The summed E-state index contributed by atoms with van der Waals surface area (Å²) in [6, 6.07) is 15.7. The molecule has 2 aromatic carbocycles. The van der Waals surface area contributed by atoms with E-state index in [4.69, 9.17) is 4.74 Å². The zero-order valence-corrected chi connectivity index (χ0v) is 13.1. The number of rotatable bonds is 4. The van der Waals surface area contributed by atoms with Gasteiger partial charge in [-0.25, -0.2) is 13.1 Å². The third-order valence-electron chi connectivity index (χ3n) is 2.55. The largest absolute Gasteiger partial charge is 0.457 e. The molecule has 2 rings (SSSR count). The van der Waals surface area contributed by atoms with Crippen molar-refractivity contribution in [1.82, 2.24) is 4.72 Å². The molecule has 0 aromatic heterocycles. The summed E-state index contributed by atoms with van der Waals surface area (Å²) in [5.41, 5.74) is -0.516. The van der Waals surface area contributed by atoms with Gasteiger partial charge >= 0.3 is 0 Å². The molecule has 0 unspecified atom stereocenters. The van der Waals surface area contributed by atoms with Crippen LogP contribution in [0.4, 0.5) is 0 Å². The highest BCUT2D eigenvalue weighted by molar-refractivity contribution is 7.89. The third-order valence-corrected chi connectivity index (χ3v) is 4.33. The molecule has 21 heavy (non-hydrogen) atoms. The Kier molecular flexibility index (Phi) is 4.34. The van der Waals surface area contributed by atoms with Crippen LogP contribution in [-0.2, 0) is 10.0 Å². The molecule has 0 spiro atoms. The van der Waals surface area contributed by atoms with Crippen molar-refractivity contribution in [3.63, 3.8) is 0 Å². The molecule has 5 heteroatoms. The van der Waals surface area contributed by atoms with Crippen LogP contribution in [0.2, 0.25) is 0 Å². The molecule has 112 valence electrons. The fourth-order valence-corrected chi connectivity index (χ4v) is 3.19. The Hall–Kier alpha value is -1.85. The minimum Gasteiger partial charge on any atom is -0.457 e. The molecule has 2 aromatic rings. The Morgan fingerprint density at radius 2 is 1.38 bits per heavy atom. The molecule has 0 aliphatic heterocycles. The van der Waals surface area contributed by atoms with E-state index in [2.05, 4.69) is 4.72 Å². The van der Waals surface area contributed by atoms with Crippen molar-refractivity contribution in [2.24, 2.45) is 0 Å². The molecule has 0 saturated carbocycles. The van der Waals surface area contributed by atoms with E-state index in [1.807, 2.05) is 30.3 Å². The van der Waals surface area contributed by atoms with Gasteiger partial charge in [0.05, 0.1) is 4.90 Å². The van der Waals surface area contributed by atoms with Gasteiger partial charge in [0, 0.05) is 5.54 Å². The van der Waals surface area contributed by atoms with Gasteiger partial charge in [0.2, 0.25) is 10.0 Å². The maximum atomic E-state index is 12.2. The molecule has 1 N–H and O–H groups in total. The zero-order chi connectivity index (χ0) is 15.5. The number of ether oxygens (including phenoxy) is 1. The molecule has 0 aliphatic carbocycles. The summed E-state index contributed by atoms with van der Waals surface area (Å²) in [6.45, 7) is 5.41. The molecule has 0 heterocycles. The first-order chi connectivity index (χ1) is 9.76. The highest BCUT2D eigenvalue weighted by atomic mass is 32.2. The summed E-state index contributed by atoms with van der Waals surface area (Å²) in [4.78, 5) is 0.220. The van der Waals surface area contributed by atoms with Gasteiger partial charge in [0.15, 0.2) is 0 Å². The second-order valence-electron chi connectivity index (χ2n) is 5.74. The van der Waals surface area contributed by atoms with Crippen molar-refractivity contribution in [1.29, 1.82) is 0 Å². The number of sulfonamides is 1. The quantitative estimate of drug-likeness (QED) is 0.939. The lowest BCUT2D eigenvalue weighted by atomic mass is 10.1. The fourth-order valence-electron chi connectivity index (χ4n) is 1.77. The van der Waals surface area contributed by atoms with Gasteiger partial charge in [-0.15, -0.1) is 0 Å². The number of hydrogen-bond acceptors (Lipinski definition) is 3. The topological polar surface area (TPSA) is 55.4 Å². The minimum absolute atomic E-state index is 0.220. The Morgan fingerprint density at radius 1 is 0.857 bits per heavy atom. The van der Waals surface area contributed by atoms with Crippen molar-refractivity contribution < 1.29 is 13.2 Å². The lowest BCUT2D eigenvalue weighted by Crippen LogP contribution is -2.40. The second kappa shape index (κ2) is 5.87. The first-order valence-electron chi connectivity index (χ1n) is 6.63. The Labute approximate surface area is 125 Å². The van der Waals surface area contributed by atoms with Gasteiger partial charge in [0.1, 0.15) is 11.5 Å². The Bertz CT molecular complexity index is 687. The average molecular weight is 305 g/mol. The summed E-state index contributed by atoms with van der Waals surface area (Å²) >= 11 is 0. The van der Waals surface area contributed by atoms with Gasteiger partial charge in [-0.3, -0.25) is 0 Å². The van der Waals surface area contributed by atoms with Crippen LogP contribution in [-0.4, -0.2) is 14.0 Å². The third kappa shape index (κ3) is 4.58. The number of para-hydroxylation sites is 1. The van der Waals surface area contributed by atoms with E-state index in [0.717, 1.165) is 0 Å². The van der Waals surface area contributed by atoms with Crippen molar-refractivity contribution >= 4 is 10.0 Å². The van der Waals surface area contributed by atoms with Crippen LogP contribution in [0.15, 0.2) is 59.5 Å². The molecule has 0 fully saturated rings. The molecule has 0 atom stereocenters. The van der Waals surface area contributed by atoms with Crippen molar-refractivity contribution in [2.45, 2.75) is 31.2 Å². The number of nitrogens with one attached hydrogen (secondary N) is 1. The van der Waals surface area contributed by atoms with Crippen LogP contribution >= 0.6 is 0 Å². The highest BCUT2D eigenvalue weighted by Crippen LogP contribution is 2.23. The average Bonchev–Trinajstić information content (AvgIpc) is 2.38. The van der Waals surface area contributed by atoms with Crippen molar-refractivity contribution in [2.75, 3.05) is 0 Å². The van der Waals surface area contributed by atoms with E-state index in [-0.39, 0.29) is 4.90 Å². The summed E-state index contributed by atoms with van der Waals surface area (Å²) in [5.74, 6) is 1.30. The van der Waals surface area contributed by atoms with Gasteiger partial charge in [-0.1, -0.05) is 18.2 Å². The van der Waals surface area contributed by atoms with E-state index in [0.29, 0.717) is 11.5 Å². The molecule has 0 aliphatic rings. The number of hydrogen-bond donors (Lipinski definition) is 1. The fraction of sp³-hybridized carbons (Fsp3) is 0.250. The van der Waals surface area contributed by atoms with E-state index in [1.165, 1.54) is 12.1 Å². The summed E-state index contributed by atoms with van der Waals surface area (Å²) in [6.07, 6.45) is 0. The van der Waals surface area contributed by atoms with Crippen LogP contribution in [0, 0.1) is 0 Å². The highest BCUT2D eigenvalue weighted by Gasteiger charge is 2.21. The van der Waals surface area contributed by atoms with Crippen LogP contribution in [0.25, 0.3) is 0 Å². The van der Waals surface area contributed by atoms with Crippen LogP contribution in [0.1, 0.15) is 20.8 Å². The Balaban J connectivity index is 2.16. The second-order valence-corrected chi connectivity index (χ2v) is 7.42. The van der Waals surface area contributed by atoms with E-state index < -0.39 is 15.6 Å². The normalized spacial score (nSPS) is 12.1. The first-order valence-corrected chi connectivity index (χ1v) is 8.12. The summed E-state index contributed by atoms with van der Waals surface area (Å²) in [5, 5.41) is 0. The van der Waals surface area contributed by atoms with Crippen LogP contribution < -0.4 is 9.46 Å². The van der Waals surface area contributed by atoms with E-state index in [9.17, 15) is 8.42 Å². The van der Waals surface area contributed by atoms with Crippen LogP contribution in [0.3, 0.4) is 0 Å². The predicted octanol–water partition coefficient (Wildman–Crippen LogP) is 3.56. The smallest absolute Gasteiger partial charge is 0.241 e. The molecular formula is C16H19NO3S. The lowest BCUT2D eigenvalue weighted by molar-refractivity contribution is 0.481. The minimum atomic E-state index is -3.51. The summed E-state index contributed by atoms with van der Waals surface area (Å²) in [7, 11) is -3.51. The van der Waals surface area contributed by atoms with Gasteiger partial charge in [0.25, 0.3) is 0 Å². The maximum absolute atomic E-state index is 12.2. The molecular weight excluding hydrogens is 286 g/mol. The van der Waals surface area contributed by atoms with E-state index >= 15 is 0 Å². The molecule has 4 nitrogen and oxygen atoms in total. The summed E-state index contributed by atoms with van der Waals surface area (Å²) < 4.78 is 32.6. The first kappa shape index (κ1) is 15.5. The zero-order valence-electron chi connectivity index (χ0n) is 12.3. The van der Waals surface area contributed by atoms with Crippen molar-refractivity contribution in [3.8, 4) is 11.5 Å². The van der Waals surface area contributed by atoms with Gasteiger partial charge < -0.3 is 4.74 Å². The SMILES string of the molecule is CC(C)(C)NS(=O)(=O)c1ccc(Oc2ccccc2)cc1. The van der Waals surface area contributed by atoms with Gasteiger partial charge in [-0.2, -0.15) is 0 Å². The van der Waals surface area contributed by atoms with Gasteiger partial charge in [-0.05, 0) is 57.2 Å². The number of benzene rings is 2. The Morgan fingerprint density at radius 3 is 1.90 bits per heavy atom. The molecule has 0 radical (unpaired) electrons. The lowest BCUT2D eigenvalue weighted by Gasteiger charge is -2.20. The monoisotopic (exact) mass is 305 g/mol. The van der Waals surface area contributed by atoms with Crippen molar-refractivity contribution in [3.05, 3.63) is 54.6 Å². The van der Waals surface area contributed by atoms with E-state index in [1.54, 1.807) is 32.9 Å².